The Morgan fingerprint density at radius 1 is 1.77 bits per heavy atom. The van der Waals surface area contributed by atoms with Gasteiger partial charge in [0.1, 0.15) is 5.60 Å². The zero-order valence-electron chi connectivity index (χ0n) is 7.71. The lowest BCUT2D eigenvalue weighted by Gasteiger charge is -2.20. The molecule has 0 spiro atoms. The summed E-state index contributed by atoms with van der Waals surface area (Å²) in [5, 5.41) is 12.6. The van der Waals surface area contributed by atoms with Gasteiger partial charge in [-0.3, -0.25) is 4.79 Å². The van der Waals surface area contributed by atoms with E-state index in [4.69, 9.17) is 4.74 Å². The van der Waals surface area contributed by atoms with E-state index >= 15 is 0 Å². The number of esters is 1. The van der Waals surface area contributed by atoms with E-state index in [-0.39, 0.29) is 12.5 Å². The molecule has 1 heterocycles. The van der Waals surface area contributed by atoms with Gasteiger partial charge < -0.3 is 19.9 Å². The minimum absolute atomic E-state index is 0.124. The fourth-order valence-corrected chi connectivity index (χ4v) is 1.21. The maximum Gasteiger partial charge on any atom is 0.319 e. The van der Waals surface area contributed by atoms with E-state index in [0.717, 1.165) is 0 Å². The smallest absolute Gasteiger partial charge is 0.319 e. The normalized spacial score (nSPS) is 27.5. The SMILES string of the molecule is COC(=O)CNCC1(O)CCOC1. The topological polar surface area (TPSA) is 67.8 Å². The Morgan fingerprint density at radius 2 is 2.54 bits per heavy atom. The van der Waals surface area contributed by atoms with Gasteiger partial charge in [-0.05, 0) is 0 Å². The van der Waals surface area contributed by atoms with Crippen molar-refractivity contribution in [3.05, 3.63) is 0 Å². The standard InChI is InChI=1S/C8H15NO4/c1-12-7(10)4-9-5-8(11)2-3-13-6-8/h9,11H,2-6H2,1H3. The maximum atomic E-state index is 10.7. The molecule has 5 nitrogen and oxygen atoms in total. The molecule has 0 aromatic carbocycles. The van der Waals surface area contributed by atoms with Crippen LogP contribution < -0.4 is 5.32 Å². The van der Waals surface area contributed by atoms with Gasteiger partial charge in [-0.1, -0.05) is 0 Å². The molecule has 1 aliphatic rings. The summed E-state index contributed by atoms with van der Waals surface area (Å²) < 4.78 is 9.47. The van der Waals surface area contributed by atoms with Gasteiger partial charge in [0.15, 0.2) is 0 Å². The second-order valence-electron chi connectivity index (χ2n) is 3.21. The summed E-state index contributed by atoms with van der Waals surface area (Å²) in [6.45, 7) is 1.40. The van der Waals surface area contributed by atoms with E-state index in [1.807, 2.05) is 0 Å². The Bertz CT molecular complexity index is 177. The molecule has 1 unspecified atom stereocenters. The van der Waals surface area contributed by atoms with E-state index in [0.29, 0.717) is 26.2 Å². The van der Waals surface area contributed by atoms with Gasteiger partial charge in [0.25, 0.3) is 0 Å². The van der Waals surface area contributed by atoms with Crippen LogP contribution in [0.4, 0.5) is 0 Å². The number of carbonyl (C=O) groups excluding carboxylic acids is 1. The van der Waals surface area contributed by atoms with Crippen LogP contribution in [0.25, 0.3) is 0 Å². The third kappa shape index (κ3) is 3.30. The molecule has 0 radical (unpaired) electrons. The molecule has 0 aromatic rings. The van der Waals surface area contributed by atoms with Crippen LogP contribution in [-0.2, 0) is 14.3 Å². The van der Waals surface area contributed by atoms with Crippen LogP contribution in [0, 0.1) is 0 Å². The van der Waals surface area contributed by atoms with Crippen LogP contribution in [0.3, 0.4) is 0 Å². The highest BCUT2D eigenvalue weighted by molar-refractivity contribution is 5.71. The number of hydrogen-bond donors (Lipinski definition) is 2. The Kier molecular flexibility index (Phi) is 3.65. The zero-order valence-corrected chi connectivity index (χ0v) is 7.71. The largest absolute Gasteiger partial charge is 0.468 e. The van der Waals surface area contributed by atoms with Crippen LogP contribution in [0.15, 0.2) is 0 Å². The fraction of sp³-hybridized carbons (Fsp3) is 0.875. The fourth-order valence-electron chi connectivity index (χ4n) is 1.21. The molecular weight excluding hydrogens is 174 g/mol. The average Bonchev–Trinajstić information content (AvgIpc) is 2.52. The monoisotopic (exact) mass is 189 g/mol. The molecular formula is C8H15NO4. The van der Waals surface area contributed by atoms with Crippen molar-refractivity contribution in [1.82, 2.24) is 5.32 Å². The van der Waals surface area contributed by atoms with Crippen LogP contribution in [0.2, 0.25) is 0 Å². The molecule has 0 aliphatic carbocycles. The van der Waals surface area contributed by atoms with Gasteiger partial charge in [0.2, 0.25) is 0 Å². The van der Waals surface area contributed by atoms with E-state index < -0.39 is 5.60 Å². The molecule has 0 aromatic heterocycles. The summed E-state index contributed by atoms with van der Waals surface area (Å²) in [5.74, 6) is -0.331. The molecule has 1 aliphatic heterocycles. The van der Waals surface area contributed by atoms with Crippen LogP contribution in [0.5, 0.6) is 0 Å². The third-order valence-corrected chi connectivity index (χ3v) is 2.03. The van der Waals surface area contributed by atoms with E-state index in [9.17, 15) is 9.90 Å². The summed E-state index contributed by atoms with van der Waals surface area (Å²) in [6.07, 6.45) is 0.612. The number of nitrogens with one attached hydrogen (secondary N) is 1. The van der Waals surface area contributed by atoms with Crippen molar-refractivity contribution < 1.29 is 19.4 Å². The minimum Gasteiger partial charge on any atom is -0.468 e. The van der Waals surface area contributed by atoms with Crippen molar-refractivity contribution in [2.75, 3.05) is 33.4 Å². The predicted molar refractivity (Wildman–Crippen MR) is 45.3 cm³/mol. The van der Waals surface area contributed by atoms with Gasteiger partial charge in [-0.25, -0.2) is 0 Å². The zero-order chi connectivity index (χ0) is 9.73. The number of aliphatic hydroxyl groups is 1. The van der Waals surface area contributed by atoms with Crippen LogP contribution in [0.1, 0.15) is 6.42 Å². The average molecular weight is 189 g/mol. The first-order chi connectivity index (χ1) is 6.16. The van der Waals surface area contributed by atoms with E-state index in [2.05, 4.69) is 10.1 Å². The minimum atomic E-state index is -0.811. The highest BCUT2D eigenvalue weighted by Crippen LogP contribution is 2.16. The van der Waals surface area contributed by atoms with Gasteiger partial charge in [-0.15, -0.1) is 0 Å². The lowest BCUT2D eigenvalue weighted by molar-refractivity contribution is -0.139. The third-order valence-electron chi connectivity index (χ3n) is 2.03. The van der Waals surface area contributed by atoms with Crippen molar-refractivity contribution in [3.8, 4) is 0 Å². The lowest BCUT2D eigenvalue weighted by Crippen LogP contribution is -2.42. The molecule has 1 atom stereocenters. The molecule has 2 N–H and O–H groups in total. The van der Waals surface area contributed by atoms with Crippen molar-refractivity contribution >= 4 is 5.97 Å². The molecule has 1 saturated heterocycles. The Hall–Kier alpha value is -0.650. The molecule has 13 heavy (non-hydrogen) atoms. The Morgan fingerprint density at radius 3 is 3.08 bits per heavy atom. The number of rotatable bonds is 4. The Balaban J connectivity index is 2.14. The molecule has 1 rings (SSSR count). The first kappa shape index (κ1) is 10.4. The number of ether oxygens (including phenoxy) is 2. The van der Waals surface area contributed by atoms with Crippen molar-refractivity contribution in [2.24, 2.45) is 0 Å². The summed E-state index contributed by atoms with van der Waals surface area (Å²) in [7, 11) is 1.33. The van der Waals surface area contributed by atoms with Crippen molar-refractivity contribution in [1.29, 1.82) is 0 Å². The molecule has 1 fully saturated rings. The summed E-state index contributed by atoms with van der Waals surface area (Å²) in [5.41, 5.74) is -0.811. The first-order valence-corrected chi connectivity index (χ1v) is 4.24. The van der Waals surface area contributed by atoms with Crippen LogP contribution >= 0.6 is 0 Å². The summed E-state index contributed by atoms with van der Waals surface area (Å²) >= 11 is 0. The van der Waals surface area contributed by atoms with Crippen LogP contribution in [-0.4, -0.2) is 50.1 Å². The predicted octanol–water partition coefficient (Wildman–Crippen LogP) is -1.10. The molecule has 5 heteroatoms. The molecule has 0 bridgehead atoms. The second-order valence-corrected chi connectivity index (χ2v) is 3.21. The highest BCUT2D eigenvalue weighted by atomic mass is 16.5. The summed E-state index contributed by atoms with van der Waals surface area (Å²) in [6, 6.07) is 0. The molecule has 76 valence electrons. The number of carbonyl (C=O) groups is 1. The van der Waals surface area contributed by atoms with Crippen molar-refractivity contribution in [2.45, 2.75) is 12.0 Å². The van der Waals surface area contributed by atoms with Crippen molar-refractivity contribution in [3.63, 3.8) is 0 Å². The van der Waals surface area contributed by atoms with Gasteiger partial charge >= 0.3 is 5.97 Å². The quantitative estimate of drug-likeness (QED) is 0.549. The number of methoxy groups -OCH3 is 1. The van der Waals surface area contributed by atoms with Gasteiger partial charge in [-0.2, -0.15) is 0 Å². The maximum absolute atomic E-state index is 10.7. The van der Waals surface area contributed by atoms with E-state index in [1.54, 1.807) is 0 Å². The lowest BCUT2D eigenvalue weighted by atomic mass is 10.0. The summed E-state index contributed by atoms with van der Waals surface area (Å²) in [4.78, 5) is 10.7. The second kappa shape index (κ2) is 4.55. The molecule has 0 saturated carbocycles. The Labute approximate surface area is 77.0 Å². The first-order valence-electron chi connectivity index (χ1n) is 4.24. The highest BCUT2D eigenvalue weighted by Gasteiger charge is 2.31. The molecule has 0 amide bonds. The van der Waals surface area contributed by atoms with Gasteiger partial charge in [0, 0.05) is 19.6 Å². The number of hydrogen-bond acceptors (Lipinski definition) is 5. The van der Waals surface area contributed by atoms with E-state index in [1.165, 1.54) is 7.11 Å². The van der Waals surface area contributed by atoms with Gasteiger partial charge in [0.05, 0.1) is 20.3 Å².